The molecule has 0 saturated carbocycles. The molecule has 1 heterocycles. The Morgan fingerprint density at radius 1 is 1.33 bits per heavy atom. The van der Waals surface area contributed by atoms with E-state index in [1.54, 1.807) is 0 Å². The van der Waals surface area contributed by atoms with Gasteiger partial charge in [-0.3, -0.25) is 4.90 Å². The molecule has 0 aliphatic carbocycles. The minimum Gasteiger partial charge on any atom is -0.398 e. The van der Waals surface area contributed by atoms with E-state index in [1.165, 1.54) is 18.2 Å². The summed E-state index contributed by atoms with van der Waals surface area (Å²) in [5.74, 6) is -0.937. The maximum absolute atomic E-state index is 14.1. The van der Waals surface area contributed by atoms with Crippen molar-refractivity contribution in [1.29, 1.82) is 0 Å². The second-order valence-electron chi connectivity index (χ2n) is 6.35. The molecular weight excluding hydrogens is 525 g/mol. The summed E-state index contributed by atoms with van der Waals surface area (Å²) >= 11 is 12.6. The van der Waals surface area contributed by atoms with E-state index in [0.717, 1.165) is 14.5 Å². The molecule has 2 aromatic rings. The summed E-state index contributed by atoms with van der Waals surface area (Å²) in [4.78, 5) is 1.67. The van der Waals surface area contributed by atoms with Gasteiger partial charge in [-0.15, -0.1) is 0 Å². The molecule has 1 fully saturated rings. The first-order chi connectivity index (χ1) is 12.7. The lowest BCUT2D eigenvalue weighted by Crippen LogP contribution is -2.37. The molecule has 10 heteroatoms. The highest BCUT2D eigenvalue weighted by Gasteiger charge is 2.29. The molecule has 3 rings (SSSR count). The fraction of sp³-hybridized carbons (Fsp3) is 0.294. The Hall–Kier alpha value is -0.710. The Morgan fingerprint density at radius 3 is 2.81 bits per heavy atom. The van der Waals surface area contributed by atoms with Gasteiger partial charge >= 0.3 is 0 Å². The molecule has 1 aliphatic rings. The topological polar surface area (TPSA) is 75.4 Å². The third kappa shape index (κ3) is 4.83. The molecule has 5 nitrogen and oxygen atoms in total. The third-order valence-electron chi connectivity index (χ3n) is 4.37. The first-order valence-corrected chi connectivity index (χ1v) is 11.5. The molecular formula is C17H17Br2ClFN3O2S. The van der Waals surface area contributed by atoms with Gasteiger partial charge in [-0.1, -0.05) is 33.6 Å². The number of halogens is 4. The van der Waals surface area contributed by atoms with Crippen LogP contribution in [0.5, 0.6) is 0 Å². The van der Waals surface area contributed by atoms with Crippen LogP contribution >= 0.6 is 43.5 Å². The van der Waals surface area contributed by atoms with Crippen molar-refractivity contribution in [2.24, 2.45) is 0 Å². The Morgan fingerprint density at radius 2 is 2.07 bits per heavy atom. The van der Waals surface area contributed by atoms with Gasteiger partial charge in [0.2, 0.25) is 10.0 Å². The van der Waals surface area contributed by atoms with E-state index in [0.29, 0.717) is 31.7 Å². The summed E-state index contributed by atoms with van der Waals surface area (Å²) in [6.45, 7) is 1.80. The van der Waals surface area contributed by atoms with Gasteiger partial charge in [-0.05, 0) is 52.2 Å². The maximum atomic E-state index is 14.1. The van der Waals surface area contributed by atoms with E-state index in [4.69, 9.17) is 17.3 Å². The van der Waals surface area contributed by atoms with Crippen LogP contribution in [0.2, 0.25) is 5.02 Å². The first-order valence-electron chi connectivity index (χ1n) is 8.09. The van der Waals surface area contributed by atoms with Crippen molar-refractivity contribution in [3.63, 3.8) is 0 Å². The Kier molecular flexibility index (Phi) is 6.49. The fourth-order valence-corrected chi connectivity index (χ4v) is 5.96. The van der Waals surface area contributed by atoms with E-state index in [2.05, 4.69) is 41.5 Å². The minimum absolute atomic E-state index is 0.221. The van der Waals surface area contributed by atoms with Gasteiger partial charge < -0.3 is 5.73 Å². The van der Waals surface area contributed by atoms with Gasteiger partial charge in [-0.25, -0.2) is 17.5 Å². The largest absolute Gasteiger partial charge is 0.398 e. The van der Waals surface area contributed by atoms with Crippen molar-refractivity contribution in [1.82, 2.24) is 9.62 Å². The lowest BCUT2D eigenvalue weighted by molar-refractivity contribution is 0.325. The van der Waals surface area contributed by atoms with Crippen LogP contribution in [0.15, 0.2) is 44.2 Å². The van der Waals surface area contributed by atoms with E-state index >= 15 is 0 Å². The fourth-order valence-electron chi connectivity index (χ4n) is 3.06. The lowest BCUT2D eigenvalue weighted by Gasteiger charge is -2.19. The highest BCUT2D eigenvalue weighted by Crippen LogP contribution is 2.30. The summed E-state index contributed by atoms with van der Waals surface area (Å²) in [5.41, 5.74) is 7.71. The number of sulfonamides is 1. The van der Waals surface area contributed by atoms with E-state index in [1.807, 2.05) is 12.1 Å². The number of likely N-dealkylation sites (tertiary alicyclic amines) is 1. The highest BCUT2D eigenvalue weighted by molar-refractivity contribution is 9.11. The van der Waals surface area contributed by atoms with Crippen LogP contribution in [0.4, 0.5) is 10.1 Å². The van der Waals surface area contributed by atoms with Crippen molar-refractivity contribution in [2.45, 2.75) is 23.9 Å². The molecule has 0 bridgehead atoms. The second-order valence-corrected chi connectivity index (χ2v) is 10.2. The summed E-state index contributed by atoms with van der Waals surface area (Å²) in [6.07, 6.45) is 0.622. The zero-order chi connectivity index (χ0) is 19.8. The van der Waals surface area contributed by atoms with Gasteiger partial charge in [0.25, 0.3) is 0 Å². The molecule has 2 aromatic carbocycles. The predicted octanol–water partition coefficient (Wildman–Crippen LogP) is 4.14. The monoisotopic (exact) mass is 539 g/mol. The van der Waals surface area contributed by atoms with Gasteiger partial charge in [0.1, 0.15) is 4.90 Å². The number of rotatable bonds is 5. The highest BCUT2D eigenvalue weighted by atomic mass is 79.9. The molecule has 0 amide bonds. The van der Waals surface area contributed by atoms with E-state index in [9.17, 15) is 12.8 Å². The van der Waals surface area contributed by atoms with Crippen LogP contribution in [-0.2, 0) is 16.6 Å². The van der Waals surface area contributed by atoms with Crippen molar-refractivity contribution in [2.75, 3.05) is 18.8 Å². The van der Waals surface area contributed by atoms with E-state index in [-0.39, 0.29) is 11.1 Å². The predicted molar refractivity (Wildman–Crippen MR) is 112 cm³/mol. The average molecular weight is 542 g/mol. The molecule has 1 aliphatic heterocycles. The standard InChI is InChI=1S/C17H17Br2ClFN3O2S/c18-11-6-10(17(22)13(19)7-11)8-24-5-4-12(9-24)23-27(25,26)15-3-1-2-14(20)16(15)21/h1-3,6-7,12,23H,4-5,8-9,22H2/t12-/m1/s1. The smallest absolute Gasteiger partial charge is 0.243 e. The molecule has 27 heavy (non-hydrogen) atoms. The number of hydrogen-bond acceptors (Lipinski definition) is 4. The van der Waals surface area contributed by atoms with E-state index < -0.39 is 20.7 Å². The number of anilines is 1. The van der Waals surface area contributed by atoms with Gasteiger partial charge in [-0.2, -0.15) is 0 Å². The zero-order valence-electron chi connectivity index (χ0n) is 14.1. The number of nitrogens with zero attached hydrogens (tertiary/aromatic N) is 1. The van der Waals surface area contributed by atoms with Crippen LogP contribution in [0, 0.1) is 5.82 Å². The first kappa shape index (κ1) is 21.0. The van der Waals surface area contributed by atoms with Crippen molar-refractivity contribution >= 4 is 59.2 Å². The molecule has 3 N–H and O–H groups in total. The summed E-state index contributed by atoms with van der Waals surface area (Å²) in [6, 6.07) is 7.43. The number of benzene rings is 2. The molecule has 0 spiro atoms. The Labute approximate surface area is 179 Å². The second kappa shape index (κ2) is 8.34. The molecule has 0 unspecified atom stereocenters. The van der Waals surface area contributed by atoms with Crippen LogP contribution < -0.4 is 10.5 Å². The Balaban J connectivity index is 1.69. The normalized spacial score (nSPS) is 18.1. The van der Waals surface area contributed by atoms with Crippen molar-refractivity contribution < 1.29 is 12.8 Å². The molecule has 146 valence electrons. The SMILES string of the molecule is Nc1c(Br)cc(Br)cc1CN1CC[C@@H](NS(=O)(=O)c2cccc(Cl)c2F)C1. The van der Waals surface area contributed by atoms with Crippen LogP contribution in [0.1, 0.15) is 12.0 Å². The summed E-state index contributed by atoms with van der Waals surface area (Å²) in [5, 5.41) is -0.221. The number of nitrogen functional groups attached to an aromatic ring is 1. The third-order valence-corrected chi connectivity index (χ3v) is 7.32. The number of nitrogens with two attached hydrogens (primary N) is 1. The van der Waals surface area contributed by atoms with Crippen LogP contribution in [-0.4, -0.2) is 32.4 Å². The Bertz CT molecular complexity index is 975. The van der Waals surface area contributed by atoms with Gasteiger partial charge in [0.05, 0.1) is 10.7 Å². The lowest BCUT2D eigenvalue weighted by atomic mass is 10.2. The number of nitrogens with one attached hydrogen (secondary N) is 1. The molecule has 1 atom stereocenters. The molecule has 1 saturated heterocycles. The minimum atomic E-state index is -3.99. The van der Waals surface area contributed by atoms with Crippen molar-refractivity contribution in [3.8, 4) is 0 Å². The van der Waals surface area contributed by atoms with Gasteiger partial charge in [0.15, 0.2) is 5.82 Å². The van der Waals surface area contributed by atoms with Crippen LogP contribution in [0.25, 0.3) is 0 Å². The summed E-state index contributed by atoms with van der Waals surface area (Å²) in [7, 11) is -3.99. The molecule has 0 radical (unpaired) electrons. The van der Waals surface area contributed by atoms with Gasteiger partial charge in [0, 0.05) is 34.6 Å². The summed E-state index contributed by atoms with van der Waals surface area (Å²) < 4.78 is 43.4. The van der Waals surface area contributed by atoms with Crippen LogP contribution in [0.3, 0.4) is 0 Å². The average Bonchev–Trinajstić information content (AvgIpc) is 3.00. The quantitative estimate of drug-likeness (QED) is 0.558. The maximum Gasteiger partial charge on any atom is 0.243 e. The molecule has 0 aromatic heterocycles. The zero-order valence-corrected chi connectivity index (χ0v) is 18.8. The number of hydrogen-bond donors (Lipinski definition) is 2. The van der Waals surface area contributed by atoms with Crippen molar-refractivity contribution in [3.05, 3.63) is 55.7 Å².